The molecule has 4 rings (SSSR count). The number of carbonyl (C=O) groups excluding carboxylic acids is 8. The number of hydrogen-bond donors (Lipinski definition) is 7. The Morgan fingerprint density at radius 3 is 0.975 bits per heavy atom. The molecular formula is C64H89N7O10. The summed E-state index contributed by atoms with van der Waals surface area (Å²) in [5.41, 5.74) is -4.22. The van der Waals surface area contributed by atoms with Gasteiger partial charge in [0.1, 0.15) is 34.4 Å². The highest BCUT2D eigenvalue weighted by Crippen LogP contribution is 2.32. The smallest absolute Gasteiger partial charge is 0.408 e. The Balaban J connectivity index is 1.60. The highest BCUT2D eigenvalue weighted by atomic mass is 16.6. The lowest BCUT2D eigenvalue weighted by Crippen LogP contribution is -2.60. The zero-order chi connectivity index (χ0) is 60.3. The van der Waals surface area contributed by atoms with Crippen molar-refractivity contribution >= 4 is 47.5 Å². The largest absolute Gasteiger partial charge is 0.459 e. The maximum Gasteiger partial charge on any atom is 0.408 e. The monoisotopic (exact) mass is 1120 g/mol. The van der Waals surface area contributed by atoms with Crippen LogP contribution in [-0.4, -0.2) is 75.3 Å². The van der Waals surface area contributed by atoms with Gasteiger partial charge in [0.2, 0.25) is 35.4 Å². The molecule has 0 heterocycles. The van der Waals surface area contributed by atoms with Crippen LogP contribution in [0.1, 0.15) is 176 Å². The van der Waals surface area contributed by atoms with E-state index in [1.54, 1.807) is 135 Å². The molecule has 0 bridgehead atoms. The fourth-order valence-electron chi connectivity index (χ4n) is 9.36. The Morgan fingerprint density at radius 1 is 0.395 bits per heavy atom. The van der Waals surface area contributed by atoms with Crippen molar-refractivity contribution in [2.75, 3.05) is 0 Å². The number of nitrogens with one attached hydrogen (secondary N) is 7. The second kappa shape index (κ2) is 29.2. The number of rotatable bonds is 28. The molecule has 0 saturated heterocycles. The molecule has 0 aliphatic carbocycles. The van der Waals surface area contributed by atoms with E-state index in [2.05, 4.69) is 37.2 Å². The highest BCUT2D eigenvalue weighted by Gasteiger charge is 2.44. The van der Waals surface area contributed by atoms with Gasteiger partial charge >= 0.3 is 12.1 Å². The van der Waals surface area contributed by atoms with Gasteiger partial charge in [0.25, 0.3) is 0 Å². The summed E-state index contributed by atoms with van der Waals surface area (Å²) in [4.78, 5) is 114. The van der Waals surface area contributed by atoms with Gasteiger partial charge in [-0.25, -0.2) is 9.59 Å². The van der Waals surface area contributed by atoms with Crippen LogP contribution in [0.5, 0.6) is 0 Å². The van der Waals surface area contributed by atoms with E-state index >= 15 is 0 Å². The molecule has 4 aromatic rings. The summed E-state index contributed by atoms with van der Waals surface area (Å²) in [6.45, 7) is 23.4. The molecule has 0 fully saturated rings. The van der Waals surface area contributed by atoms with Crippen molar-refractivity contribution in [3.8, 4) is 0 Å². The van der Waals surface area contributed by atoms with E-state index in [1.807, 2.05) is 69.3 Å². The summed E-state index contributed by atoms with van der Waals surface area (Å²) in [7, 11) is 0. The Hall–Kier alpha value is -7.56. The lowest BCUT2D eigenvalue weighted by atomic mass is 9.85. The predicted molar refractivity (Wildman–Crippen MR) is 314 cm³/mol. The van der Waals surface area contributed by atoms with Gasteiger partial charge in [0, 0.05) is 0 Å². The number of alkyl carbamates (subject to hydrolysis) is 1. The minimum absolute atomic E-state index is 0.0210. The summed E-state index contributed by atoms with van der Waals surface area (Å²) < 4.78 is 11.0. The Morgan fingerprint density at radius 2 is 0.679 bits per heavy atom. The van der Waals surface area contributed by atoms with E-state index in [9.17, 15) is 38.4 Å². The maximum absolute atomic E-state index is 14.9. The molecule has 0 radical (unpaired) electrons. The molecule has 0 aromatic heterocycles. The lowest BCUT2D eigenvalue weighted by Gasteiger charge is -2.36. The van der Waals surface area contributed by atoms with Gasteiger partial charge in [-0.3, -0.25) is 28.8 Å². The molecule has 0 aliphatic rings. The lowest BCUT2D eigenvalue weighted by molar-refractivity contribution is -0.154. The van der Waals surface area contributed by atoms with Crippen LogP contribution in [-0.2, 0) is 49.6 Å². The van der Waals surface area contributed by atoms with Gasteiger partial charge in [-0.2, -0.15) is 0 Å². The molecule has 81 heavy (non-hydrogen) atoms. The van der Waals surface area contributed by atoms with Crippen molar-refractivity contribution in [2.24, 2.45) is 17.8 Å². The Labute approximate surface area is 480 Å². The first-order valence-corrected chi connectivity index (χ1v) is 28.2. The second-order valence-electron chi connectivity index (χ2n) is 23.9. The van der Waals surface area contributed by atoms with Crippen molar-refractivity contribution in [1.82, 2.24) is 37.2 Å². The molecule has 17 heteroatoms. The third kappa shape index (κ3) is 19.6. The summed E-state index contributed by atoms with van der Waals surface area (Å²) in [6.07, 6.45) is 1.74. The summed E-state index contributed by atoms with van der Waals surface area (Å²) >= 11 is 0. The van der Waals surface area contributed by atoms with Crippen LogP contribution in [0.2, 0.25) is 0 Å². The summed E-state index contributed by atoms with van der Waals surface area (Å²) in [5, 5.41) is 20.7. The number of benzene rings is 4. The minimum Gasteiger partial charge on any atom is -0.459 e. The number of hydrogen-bond acceptors (Lipinski definition) is 10. The second-order valence-corrected chi connectivity index (χ2v) is 23.9. The number of amides is 7. The Bertz CT molecular complexity index is 2730. The molecule has 440 valence electrons. The third-order valence-corrected chi connectivity index (χ3v) is 13.9. The molecule has 7 N–H and O–H groups in total. The molecule has 6 atom stereocenters. The first-order valence-electron chi connectivity index (χ1n) is 28.2. The van der Waals surface area contributed by atoms with E-state index < -0.39 is 111 Å². The normalized spacial score (nSPS) is 14.2. The van der Waals surface area contributed by atoms with E-state index in [1.165, 1.54) is 13.8 Å². The van der Waals surface area contributed by atoms with Gasteiger partial charge in [0.15, 0.2) is 0 Å². The molecule has 4 aromatic carbocycles. The van der Waals surface area contributed by atoms with Crippen molar-refractivity contribution in [3.05, 3.63) is 144 Å². The van der Waals surface area contributed by atoms with Gasteiger partial charge in [-0.05, 0) is 118 Å². The zero-order valence-corrected chi connectivity index (χ0v) is 50.0. The number of esters is 1. The van der Waals surface area contributed by atoms with Crippen LogP contribution in [0.15, 0.2) is 121 Å². The van der Waals surface area contributed by atoms with Crippen LogP contribution in [0, 0.1) is 17.8 Å². The molecule has 0 spiro atoms. The SMILES string of the molecule is CCC[C@@H](C(=O)NC(C)(C)C(=O)N[C@@H](c1ccccc1)[C@@H](CCC)C(=O)NC(C)(C)C(=O)N[C@@H](c1ccccc1)[C@@H](CCC)C(=O)NC(C)(C)C(=O)OCc1ccccc1)[C@@H](NC(=O)C(C)(C)NC(=O)OC(C)(C)C)c1ccccc1. The Kier molecular flexibility index (Phi) is 23.8. The quantitative estimate of drug-likeness (QED) is 0.0266. The third-order valence-electron chi connectivity index (χ3n) is 13.9. The summed E-state index contributed by atoms with van der Waals surface area (Å²) in [6, 6.07) is 33.5. The standard InChI is InChI=1S/C64H89N7O10/c1-15-30-46(52(72)68-62(9,10)56(76)66-51(45-39-28-21-29-40-45)48(32-17-3)54(74)70-64(13,14)58(78)80-41-42-33-22-18-23-34-42)49(43-35-24-19-25-36-43)65-55(75)61(7,8)69-53(73)47(31-16-2)50(44-37-26-20-27-38-44)67-57(77)63(11,12)71-59(79)81-60(4,5)6/h18-29,33-40,46-51H,15-17,30-32,41H2,1-14H3,(H,65,75)(H,66,76)(H,67,77)(H,68,72)(H,69,73)(H,70,74)(H,71,79)/t46-,47-,48-,49+,50+,51+/m1/s1. The highest BCUT2D eigenvalue weighted by molar-refractivity contribution is 5.95. The van der Waals surface area contributed by atoms with Crippen LogP contribution in [0.3, 0.4) is 0 Å². The average Bonchev–Trinajstić information content (AvgIpc) is 3.48. The van der Waals surface area contributed by atoms with E-state index in [4.69, 9.17) is 9.47 Å². The van der Waals surface area contributed by atoms with Crippen LogP contribution in [0.25, 0.3) is 0 Å². The first kappa shape index (κ1) is 66.0. The van der Waals surface area contributed by atoms with Gasteiger partial charge in [-0.15, -0.1) is 0 Å². The fraction of sp³-hybridized carbons (Fsp3) is 0.500. The first-order chi connectivity index (χ1) is 38.0. The van der Waals surface area contributed by atoms with Crippen LogP contribution in [0.4, 0.5) is 4.79 Å². The molecule has 17 nitrogen and oxygen atoms in total. The van der Waals surface area contributed by atoms with E-state index in [0.29, 0.717) is 48.8 Å². The molecule has 7 amide bonds. The zero-order valence-electron chi connectivity index (χ0n) is 50.0. The van der Waals surface area contributed by atoms with Crippen LogP contribution < -0.4 is 37.2 Å². The molecular weight excluding hydrogens is 1030 g/mol. The van der Waals surface area contributed by atoms with E-state index in [0.717, 1.165) is 5.56 Å². The summed E-state index contributed by atoms with van der Waals surface area (Å²) in [5.74, 6) is -6.61. The van der Waals surface area contributed by atoms with Crippen molar-refractivity contribution in [1.29, 1.82) is 0 Å². The maximum atomic E-state index is 14.9. The van der Waals surface area contributed by atoms with Crippen molar-refractivity contribution < 1.29 is 47.8 Å². The fourth-order valence-corrected chi connectivity index (χ4v) is 9.36. The van der Waals surface area contributed by atoms with Gasteiger partial charge in [0.05, 0.1) is 35.9 Å². The van der Waals surface area contributed by atoms with Crippen molar-refractivity contribution in [2.45, 2.75) is 188 Å². The number of ether oxygens (including phenoxy) is 2. The predicted octanol–water partition coefficient (Wildman–Crippen LogP) is 9.54. The molecule has 0 aliphatic heterocycles. The van der Waals surface area contributed by atoms with E-state index in [-0.39, 0.29) is 13.0 Å². The molecule has 0 saturated carbocycles. The van der Waals surface area contributed by atoms with Crippen molar-refractivity contribution in [3.63, 3.8) is 0 Å². The molecule has 0 unspecified atom stereocenters. The van der Waals surface area contributed by atoms with Gasteiger partial charge in [-0.1, -0.05) is 161 Å². The van der Waals surface area contributed by atoms with Crippen LogP contribution >= 0.6 is 0 Å². The number of carbonyl (C=O) groups is 8. The topological polar surface area (TPSA) is 239 Å². The average molecular weight is 1120 g/mol. The van der Waals surface area contributed by atoms with Gasteiger partial charge < -0.3 is 46.7 Å². The minimum atomic E-state index is -1.59.